The van der Waals surface area contributed by atoms with Gasteiger partial charge in [0, 0.05) is 78.1 Å². The number of nitrogens with zero attached hydrogens (tertiary/aromatic N) is 4. The minimum absolute atomic E-state index is 0.548. The Kier molecular flexibility index (Phi) is 10.3. The molecule has 79 heavy (non-hydrogen) atoms. The molecule has 15 aromatic rings. The van der Waals surface area contributed by atoms with Crippen molar-refractivity contribution in [1.82, 2.24) is 15.0 Å². The Hall–Kier alpha value is -10.4. The monoisotopic (exact) mass is 1010 g/mol. The summed E-state index contributed by atoms with van der Waals surface area (Å²) in [6, 6.07) is 85.3. The average Bonchev–Trinajstić information content (AvgIpc) is 4.35. The van der Waals surface area contributed by atoms with Crippen LogP contribution >= 0.6 is 0 Å². The van der Waals surface area contributed by atoms with E-state index >= 15 is 0 Å². The van der Waals surface area contributed by atoms with Crippen LogP contribution in [0.5, 0.6) is 0 Å². The highest BCUT2D eigenvalue weighted by Crippen LogP contribution is 2.45. The highest BCUT2D eigenvalue weighted by molar-refractivity contribution is 6.15. The van der Waals surface area contributed by atoms with Gasteiger partial charge in [-0.05, 0) is 119 Å². The zero-order valence-corrected chi connectivity index (χ0v) is 42.7. The van der Waals surface area contributed by atoms with Gasteiger partial charge in [0.15, 0.2) is 17.5 Å². The molecule has 11 aromatic carbocycles. The first-order chi connectivity index (χ1) is 39.1. The van der Waals surface area contributed by atoms with Gasteiger partial charge in [-0.3, -0.25) is 0 Å². The summed E-state index contributed by atoms with van der Waals surface area (Å²) in [7, 11) is 0. The predicted molar refractivity (Wildman–Crippen MR) is 321 cm³/mol. The van der Waals surface area contributed by atoms with Crippen molar-refractivity contribution in [3.63, 3.8) is 0 Å². The minimum Gasteiger partial charge on any atom is -0.456 e. The van der Waals surface area contributed by atoms with E-state index in [0.29, 0.717) is 17.5 Å². The lowest BCUT2D eigenvalue weighted by Crippen LogP contribution is -2.21. The van der Waals surface area contributed by atoms with E-state index in [-0.39, 0.29) is 0 Å². The standard InChI is InChI=1S/C72H46N4O3/c1-3-15-45(16-4-1)53-23-12-28-64-67(53)57-37-32-50(43-66(57)78-64)71-73-70(47-18-5-2-6-19-47)74-72(75-71)58-26-13-29-65-68(58)60-42-49(34-39-63(60)77-65)48-33-38-61-59(41-48)52-21-8-7-17-44(52)20-14-40-76(61)51-35-30-46(31-36-51)54-24-11-25-56-55-22-9-10-27-62(55)79-69(54)56/h1-13,15-19,21-39,41-43H,14,20,40H2. The van der Waals surface area contributed by atoms with Crippen LogP contribution in [0.4, 0.5) is 11.4 Å². The van der Waals surface area contributed by atoms with Crippen molar-refractivity contribution in [2.45, 2.75) is 12.8 Å². The number of benzene rings is 11. The predicted octanol–water partition coefficient (Wildman–Crippen LogP) is 19.3. The lowest BCUT2D eigenvalue weighted by molar-refractivity contribution is 0.668. The fourth-order valence-electron chi connectivity index (χ4n) is 12.1. The molecule has 0 unspecified atom stereocenters. The van der Waals surface area contributed by atoms with Crippen LogP contribution in [0.3, 0.4) is 0 Å². The van der Waals surface area contributed by atoms with Gasteiger partial charge in [0.2, 0.25) is 0 Å². The van der Waals surface area contributed by atoms with Gasteiger partial charge >= 0.3 is 0 Å². The smallest absolute Gasteiger partial charge is 0.164 e. The zero-order chi connectivity index (χ0) is 52.0. The zero-order valence-electron chi connectivity index (χ0n) is 42.7. The van der Waals surface area contributed by atoms with E-state index in [1.165, 1.54) is 22.4 Å². The van der Waals surface area contributed by atoms with Gasteiger partial charge in [0.1, 0.15) is 33.5 Å². The summed E-state index contributed by atoms with van der Waals surface area (Å²) in [6.45, 7) is 0.879. The summed E-state index contributed by atoms with van der Waals surface area (Å²) in [4.78, 5) is 18.1. The molecule has 0 bridgehead atoms. The number of furan rings is 3. The Morgan fingerprint density at radius 1 is 0.316 bits per heavy atom. The third-order valence-electron chi connectivity index (χ3n) is 15.9. The number of rotatable bonds is 7. The summed E-state index contributed by atoms with van der Waals surface area (Å²) in [5.74, 6) is 1.68. The van der Waals surface area contributed by atoms with Crippen molar-refractivity contribution in [1.29, 1.82) is 0 Å². The molecule has 372 valence electrons. The summed E-state index contributed by atoms with van der Waals surface area (Å²) in [5, 5.41) is 6.31. The Balaban J connectivity index is 0.798. The SMILES string of the molecule is c1ccc(-c2nc(-c3ccc4c(c3)oc3cccc(-c5ccccc5)c34)nc(-c3cccc4oc5ccc(-c6ccc7c(c6)-c6ccccc6CCCN7c6ccc(-c7cccc8c7oc7ccccc78)cc6)cc5c34)n2)cc1. The van der Waals surface area contributed by atoms with Crippen molar-refractivity contribution in [2.75, 3.05) is 11.4 Å². The summed E-state index contributed by atoms with van der Waals surface area (Å²) >= 11 is 0. The Morgan fingerprint density at radius 3 is 1.75 bits per heavy atom. The molecule has 1 aliphatic rings. The highest BCUT2D eigenvalue weighted by Gasteiger charge is 2.24. The summed E-state index contributed by atoms with van der Waals surface area (Å²) in [5.41, 5.74) is 20.4. The lowest BCUT2D eigenvalue weighted by atomic mass is 9.90. The lowest BCUT2D eigenvalue weighted by Gasteiger charge is -2.31. The maximum absolute atomic E-state index is 6.66. The molecule has 0 aliphatic carbocycles. The molecule has 0 saturated heterocycles. The second-order valence-corrected chi connectivity index (χ2v) is 20.5. The average molecular weight is 1020 g/mol. The van der Waals surface area contributed by atoms with Crippen LogP contribution in [-0.2, 0) is 6.42 Å². The topological polar surface area (TPSA) is 81.3 Å². The minimum atomic E-state index is 0.548. The molecular weight excluding hydrogens is 969 g/mol. The van der Waals surface area contributed by atoms with Crippen LogP contribution < -0.4 is 4.90 Å². The number of aryl methyl sites for hydroxylation is 1. The quantitative estimate of drug-likeness (QED) is 0.157. The van der Waals surface area contributed by atoms with Gasteiger partial charge in [-0.25, -0.2) is 15.0 Å². The number of hydrogen-bond acceptors (Lipinski definition) is 7. The molecule has 7 heteroatoms. The first kappa shape index (κ1) is 44.9. The number of anilines is 2. The molecule has 0 atom stereocenters. The molecule has 4 aromatic heterocycles. The van der Waals surface area contributed by atoms with Gasteiger partial charge in [-0.2, -0.15) is 0 Å². The largest absolute Gasteiger partial charge is 0.456 e. The number of aromatic nitrogens is 3. The molecule has 7 nitrogen and oxygen atoms in total. The third-order valence-corrected chi connectivity index (χ3v) is 15.9. The van der Waals surface area contributed by atoms with E-state index in [9.17, 15) is 0 Å². The maximum Gasteiger partial charge on any atom is 0.164 e. The fourth-order valence-corrected chi connectivity index (χ4v) is 12.1. The van der Waals surface area contributed by atoms with Crippen molar-refractivity contribution in [3.8, 4) is 78.7 Å². The van der Waals surface area contributed by atoms with Crippen molar-refractivity contribution >= 4 is 77.2 Å². The Morgan fingerprint density at radius 2 is 0.899 bits per heavy atom. The van der Waals surface area contributed by atoms with E-state index in [4.69, 9.17) is 28.2 Å². The number of para-hydroxylation sites is 2. The van der Waals surface area contributed by atoms with Crippen LogP contribution in [0, 0.1) is 0 Å². The molecule has 0 radical (unpaired) electrons. The first-order valence-electron chi connectivity index (χ1n) is 26.9. The van der Waals surface area contributed by atoms with Gasteiger partial charge in [-0.15, -0.1) is 0 Å². The van der Waals surface area contributed by atoms with Gasteiger partial charge < -0.3 is 18.2 Å². The van der Waals surface area contributed by atoms with Crippen molar-refractivity contribution in [2.24, 2.45) is 0 Å². The normalized spacial score (nSPS) is 12.6. The van der Waals surface area contributed by atoms with Crippen LogP contribution in [0.25, 0.3) is 144 Å². The number of fused-ring (bicyclic) bond motifs is 12. The van der Waals surface area contributed by atoms with Gasteiger partial charge in [0.05, 0.1) is 0 Å². The van der Waals surface area contributed by atoms with Crippen molar-refractivity contribution in [3.05, 3.63) is 248 Å². The maximum atomic E-state index is 6.66. The van der Waals surface area contributed by atoms with Crippen molar-refractivity contribution < 1.29 is 13.3 Å². The molecular formula is C72H46N4O3. The second kappa shape index (κ2) is 18.1. The van der Waals surface area contributed by atoms with Crippen LogP contribution in [0.1, 0.15) is 12.0 Å². The van der Waals surface area contributed by atoms with Crippen LogP contribution in [0.2, 0.25) is 0 Å². The van der Waals surface area contributed by atoms with E-state index in [0.717, 1.165) is 141 Å². The Bertz CT molecular complexity index is 4880. The molecule has 1 aliphatic heterocycles. The third kappa shape index (κ3) is 7.53. The molecule has 0 amide bonds. The molecule has 0 fully saturated rings. The van der Waals surface area contributed by atoms with Crippen LogP contribution in [0.15, 0.2) is 256 Å². The first-order valence-corrected chi connectivity index (χ1v) is 26.9. The second-order valence-electron chi connectivity index (χ2n) is 20.5. The van der Waals surface area contributed by atoms with Gasteiger partial charge in [0.25, 0.3) is 0 Å². The Labute approximate surface area is 454 Å². The molecule has 0 saturated carbocycles. The molecule has 0 spiro atoms. The van der Waals surface area contributed by atoms with E-state index in [2.05, 4.69) is 181 Å². The summed E-state index contributed by atoms with van der Waals surface area (Å²) < 4.78 is 19.7. The highest BCUT2D eigenvalue weighted by atomic mass is 16.3. The number of hydrogen-bond donors (Lipinski definition) is 0. The van der Waals surface area contributed by atoms with Gasteiger partial charge in [-0.1, -0.05) is 176 Å². The van der Waals surface area contributed by atoms with E-state index < -0.39 is 0 Å². The molecule has 5 heterocycles. The fraction of sp³-hybridized carbons (Fsp3) is 0.0417. The summed E-state index contributed by atoms with van der Waals surface area (Å²) in [6.07, 6.45) is 2.00. The van der Waals surface area contributed by atoms with E-state index in [1.54, 1.807) is 0 Å². The van der Waals surface area contributed by atoms with E-state index in [1.807, 2.05) is 66.7 Å². The molecule has 16 rings (SSSR count). The molecule has 0 N–H and O–H groups in total. The van der Waals surface area contributed by atoms with Crippen LogP contribution in [-0.4, -0.2) is 21.5 Å².